The molecule has 2 rings (SSSR count). The monoisotopic (exact) mass is 243 g/mol. The quantitative estimate of drug-likeness (QED) is 0.452. The molecule has 0 radical (unpaired) electrons. The summed E-state index contributed by atoms with van der Waals surface area (Å²) in [5, 5.41) is 10.4. The Labute approximate surface area is 113 Å². The first kappa shape index (κ1) is 13.4. The lowest BCUT2D eigenvalue weighted by Crippen LogP contribution is -2.10. The number of fused-ring (bicyclic) bond motifs is 1. The standard InChI is InChI=1S/C11H7NO4.Mg.2H/c13-11(16-12(14)15)10-7-3-5-8-4-1-2-6-9(8)10;;;/h1-7H;;;. The summed E-state index contributed by atoms with van der Waals surface area (Å²) in [6.07, 6.45) is 0. The minimum Gasteiger partial charge on any atom is -0.263 e. The lowest BCUT2D eigenvalue weighted by atomic mass is 10.1. The van der Waals surface area contributed by atoms with Crippen molar-refractivity contribution in [3.8, 4) is 0 Å². The molecular weight excluding hydrogens is 234 g/mol. The van der Waals surface area contributed by atoms with Gasteiger partial charge in [0.1, 0.15) is 0 Å². The zero-order valence-corrected chi connectivity index (χ0v) is 8.12. The molecule has 0 fully saturated rings. The minimum absolute atomic E-state index is 0. The number of benzene rings is 2. The zero-order chi connectivity index (χ0) is 11.5. The molecule has 0 N–H and O–H groups in total. The minimum atomic E-state index is -1.11. The fourth-order valence-corrected chi connectivity index (χ4v) is 1.52. The van der Waals surface area contributed by atoms with Crippen molar-refractivity contribution in [2.24, 2.45) is 0 Å². The van der Waals surface area contributed by atoms with E-state index >= 15 is 0 Å². The fourth-order valence-electron chi connectivity index (χ4n) is 1.52. The van der Waals surface area contributed by atoms with Gasteiger partial charge in [0.05, 0.1) is 5.56 Å². The van der Waals surface area contributed by atoms with Crippen LogP contribution in [0.5, 0.6) is 0 Å². The van der Waals surface area contributed by atoms with Gasteiger partial charge in [0.15, 0.2) is 0 Å². The number of nitrogens with zero attached hydrogens (tertiary/aromatic N) is 1. The van der Waals surface area contributed by atoms with Crippen LogP contribution in [-0.4, -0.2) is 34.1 Å². The van der Waals surface area contributed by atoms with Crippen LogP contribution in [-0.2, 0) is 4.84 Å². The summed E-state index contributed by atoms with van der Waals surface area (Å²) in [5.41, 5.74) is 0.190. The van der Waals surface area contributed by atoms with Crippen molar-refractivity contribution in [1.82, 2.24) is 0 Å². The molecule has 0 aliphatic rings. The predicted molar refractivity (Wildman–Crippen MR) is 64.9 cm³/mol. The molecule has 0 saturated carbocycles. The largest absolute Gasteiger partial charge is 0.335 e. The topological polar surface area (TPSA) is 69.4 Å². The van der Waals surface area contributed by atoms with Gasteiger partial charge in [-0.25, -0.2) is 4.84 Å². The Balaban J connectivity index is 0.00000144. The van der Waals surface area contributed by atoms with E-state index in [2.05, 4.69) is 4.84 Å². The predicted octanol–water partition coefficient (Wildman–Crippen LogP) is 1.27. The molecule has 84 valence electrons. The molecule has 2 aromatic carbocycles. The second-order valence-corrected chi connectivity index (χ2v) is 3.13. The van der Waals surface area contributed by atoms with E-state index in [-0.39, 0.29) is 28.6 Å². The average molecular weight is 244 g/mol. The van der Waals surface area contributed by atoms with Crippen molar-refractivity contribution in [2.75, 3.05) is 0 Å². The molecule has 0 unspecified atom stereocenters. The zero-order valence-electron chi connectivity index (χ0n) is 8.12. The molecule has 2 aromatic rings. The Morgan fingerprint density at radius 1 is 1.12 bits per heavy atom. The van der Waals surface area contributed by atoms with Crippen molar-refractivity contribution < 1.29 is 14.7 Å². The summed E-state index contributed by atoms with van der Waals surface area (Å²) in [5.74, 6) is -0.957. The number of hydrogen-bond acceptors (Lipinski definition) is 4. The third-order valence-corrected chi connectivity index (χ3v) is 2.17. The second-order valence-electron chi connectivity index (χ2n) is 3.13. The number of carbonyl (C=O) groups is 1. The smallest absolute Gasteiger partial charge is 0.263 e. The van der Waals surface area contributed by atoms with Crippen LogP contribution in [0.15, 0.2) is 42.5 Å². The van der Waals surface area contributed by atoms with E-state index in [0.717, 1.165) is 5.39 Å². The van der Waals surface area contributed by atoms with Crippen LogP contribution in [0.25, 0.3) is 10.8 Å². The maximum atomic E-state index is 11.4. The first-order chi connectivity index (χ1) is 7.68. The van der Waals surface area contributed by atoms with Crippen LogP contribution >= 0.6 is 0 Å². The fraction of sp³-hybridized carbons (Fsp3) is 0. The van der Waals surface area contributed by atoms with E-state index in [1.54, 1.807) is 18.2 Å². The van der Waals surface area contributed by atoms with Crippen LogP contribution in [0.1, 0.15) is 10.4 Å². The normalized spacial score (nSPS) is 9.41. The summed E-state index contributed by atoms with van der Waals surface area (Å²) in [6.45, 7) is 0. The molecule has 0 aliphatic carbocycles. The van der Waals surface area contributed by atoms with Crippen LogP contribution in [0.2, 0.25) is 0 Å². The van der Waals surface area contributed by atoms with Crippen LogP contribution < -0.4 is 0 Å². The maximum absolute atomic E-state index is 11.4. The van der Waals surface area contributed by atoms with Gasteiger partial charge in [-0.1, -0.05) is 36.4 Å². The molecule has 0 aromatic heterocycles. The van der Waals surface area contributed by atoms with E-state index in [9.17, 15) is 14.9 Å². The van der Waals surface area contributed by atoms with E-state index in [1.165, 1.54) is 6.07 Å². The highest BCUT2D eigenvalue weighted by Gasteiger charge is 2.13. The SMILES string of the molecule is O=C(O[N+](=O)[O-])c1cccc2ccccc12.[MgH2]. The third-order valence-electron chi connectivity index (χ3n) is 2.17. The Morgan fingerprint density at radius 3 is 2.47 bits per heavy atom. The van der Waals surface area contributed by atoms with E-state index < -0.39 is 11.1 Å². The van der Waals surface area contributed by atoms with Crippen molar-refractivity contribution in [3.63, 3.8) is 0 Å². The van der Waals surface area contributed by atoms with Gasteiger partial charge < -0.3 is 0 Å². The molecule has 0 bridgehead atoms. The summed E-state index contributed by atoms with van der Waals surface area (Å²) in [6, 6.07) is 12.1. The molecule has 6 heteroatoms. The first-order valence-corrected chi connectivity index (χ1v) is 4.53. The van der Waals surface area contributed by atoms with Crippen molar-refractivity contribution in [3.05, 3.63) is 58.1 Å². The van der Waals surface area contributed by atoms with Gasteiger partial charge in [-0.15, -0.1) is 10.1 Å². The summed E-state index contributed by atoms with van der Waals surface area (Å²) >= 11 is 0. The van der Waals surface area contributed by atoms with Gasteiger partial charge in [-0.05, 0) is 16.8 Å². The van der Waals surface area contributed by atoms with Crippen molar-refractivity contribution >= 4 is 39.8 Å². The van der Waals surface area contributed by atoms with E-state index in [1.807, 2.05) is 18.2 Å². The van der Waals surface area contributed by atoms with Crippen molar-refractivity contribution in [1.29, 1.82) is 0 Å². The molecule has 0 atom stereocenters. The van der Waals surface area contributed by atoms with Gasteiger partial charge in [0.25, 0.3) is 0 Å². The molecule has 0 saturated heterocycles. The van der Waals surface area contributed by atoms with Crippen LogP contribution in [0.3, 0.4) is 0 Å². The molecule has 0 spiro atoms. The van der Waals surface area contributed by atoms with Gasteiger partial charge >= 0.3 is 34.1 Å². The molecular formula is C11H9MgNO4. The highest BCUT2D eigenvalue weighted by atomic mass is 24.3. The summed E-state index contributed by atoms with van der Waals surface area (Å²) in [4.78, 5) is 25.4. The highest BCUT2D eigenvalue weighted by Crippen LogP contribution is 2.19. The Bertz CT molecular complexity index is 565. The van der Waals surface area contributed by atoms with Crippen molar-refractivity contribution in [2.45, 2.75) is 0 Å². The second kappa shape index (κ2) is 5.60. The Morgan fingerprint density at radius 2 is 1.76 bits per heavy atom. The molecule has 0 amide bonds. The molecule has 0 aliphatic heterocycles. The van der Waals surface area contributed by atoms with Gasteiger partial charge in [0.2, 0.25) is 0 Å². The Hall–Kier alpha value is -1.66. The number of rotatable bonds is 2. The first-order valence-electron chi connectivity index (χ1n) is 4.53. The maximum Gasteiger partial charge on any atom is 0.335 e. The lowest BCUT2D eigenvalue weighted by molar-refractivity contribution is -0.727. The van der Waals surface area contributed by atoms with Gasteiger partial charge in [0, 0.05) is 0 Å². The highest BCUT2D eigenvalue weighted by molar-refractivity contribution is 6.04. The van der Waals surface area contributed by atoms with E-state index in [4.69, 9.17) is 0 Å². The van der Waals surface area contributed by atoms with E-state index in [0.29, 0.717) is 5.39 Å². The van der Waals surface area contributed by atoms with Gasteiger partial charge in [-0.3, -0.25) is 4.79 Å². The molecule has 17 heavy (non-hydrogen) atoms. The Kier molecular flexibility index (Phi) is 4.42. The molecule has 0 heterocycles. The lowest BCUT2D eigenvalue weighted by Gasteiger charge is -2.03. The molecule has 5 nitrogen and oxygen atoms in total. The average Bonchev–Trinajstić information content (AvgIpc) is 2.27. The van der Waals surface area contributed by atoms with Gasteiger partial charge in [-0.2, -0.15) is 0 Å². The van der Waals surface area contributed by atoms with Crippen LogP contribution in [0.4, 0.5) is 0 Å². The van der Waals surface area contributed by atoms with Crippen LogP contribution in [0, 0.1) is 10.1 Å². The number of hydrogen-bond donors (Lipinski definition) is 0. The third kappa shape index (κ3) is 2.92. The summed E-state index contributed by atoms with van der Waals surface area (Å²) < 4.78 is 0. The number of carbonyl (C=O) groups excluding carboxylic acids is 1. The summed E-state index contributed by atoms with van der Waals surface area (Å²) in [7, 11) is 0.